The number of anilines is 1. The Labute approximate surface area is 177 Å². The van der Waals surface area contributed by atoms with Crippen LogP contribution >= 0.6 is 0 Å². The average Bonchev–Trinajstić information content (AvgIpc) is 2.71. The predicted molar refractivity (Wildman–Crippen MR) is 114 cm³/mol. The van der Waals surface area contributed by atoms with Crippen LogP contribution in [0.2, 0.25) is 0 Å². The summed E-state index contributed by atoms with van der Waals surface area (Å²) in [7, 11) is -1.73. The van der Waals surface area contributed by atoms with Gasteiger partial charge in [0, 0.05) is 25.4 Å². The quantitative estimate of drug-likeness (QED) is 0.761. The zero-order valence-electron chi connectivity index (χ0n) is 17.3. The monoisotopic (exact) mass is 430 g/mol. The number of ether oxygens (including phenoxy) is 1. The first-order valence-electron chi connectivity index (χ1n) is 9.73. The number of nitrogens with one attached hydrogen (secondary N) is 1. The number of hydrogen-bond donors (Lipinski definition) is 1. The van der Waals surface area contributed by atoms with Crippen molar-refractivity contribution in [1.82, 2.24) is 5.32 Å². The summed E-state index contributed by atoms with van der Waals surface area (Å²) in [6.45, 7) is 1.98. The van der Waals surface area contributed by atoms with E-state index in [2.05, 4.69) is 5.32 Å². The minimum Gasteiger partial charge on any atom is -0.497 e. The van der Waals surface area contributed by atoms with Crippen molar-refractivity contribution in [3.63, 3.8) is 0 Å². The Morgan fingerprint density at radius 2 is 1.87 bits per heavy atom. The van der Waals surface area contributed by atoms with Gasteiger partial charge in [-0.3, -0.25) is 9.59 Å². The van der Waals surface area contributed by atoms with E-state index in [0.717, 1.165) is 29.7 Å². The maximum absolute atomic E-state index is 13.2. The van der Waals surface area contributed by atoms with Gasteiger partial charge in [0.15, 0.2) is 9.84 Å². The van der Waals surface area contributed by atoms with Crippen LogP contribution in [0.25, 0.3) is 0 Å². The fourth-order valence-electron chi connectivity index (χ4n) is 3.68. The Hall–Kier alpha value is -2.87. The van der Waals surface area contributed by atoms with E-state index in [1.165, 1.54) is 19.2 Å². The van der Waals surface area contributed by atoms with Gasteiger partial charge >= 0.3 is 0 Å². The third-order valence-corrected chi connectivity index (χ3v) is 6.28. The molecule has 1 atom stereocenters. The molecule has 30 heavy (non-hydrogen) atoms. The van der Waals surface area contributed by atoms with E-state index in [4.69, 9.17) is 4.74 Å². The minimum absolute atomic E-state index is 0.0964. The van der Waals surface area contributed by atoms with E-state index in [1.54, 1.807) is 36.3 Å². The van der Waals surface area contributed by atoms with Crippen LogP contribution in [-0.4, -0.2) is 40.1 Å². The van der Waals surface area contributed by atoms with E-state index in [-0.39, 0.29) is 23.1 Å². The zero-order valence-corrected chi connectivity index (χ0v) is 18.2. The average molecular weight is 431 g/mol. The molecule has 0 aromatic heterocycles. The Bertz CT molecular complexity index is 1050. The molecule has 1 heterocycles. The number of aryl methyl sites for hydroxylation is 1. The van der Waals surface area contributed by atoms with Crippen LogP contribution in [-0.2, 0) is 25.8 Å². The number of benzene rings is 2. The molecule has 1 aliphatic rings. The first kappa shape index (κ1) is 21.8. The summed E-state index contributed by atoms with van der Waals surface area (Å²) in [6.07, 6.45) is 2.74. The van der Waals surface area contributed by atoms with Gasteiger partial charge in [-0.2, -0.15) is 0 Å². The number of amides is 2. The molecule has 2 amide bonds. The van der Waals surface area contributed by atoms with E-state index in [0.29, 0.717) is 12.3 Å². The van der Waals surface area contributed by atoms with Crippen LogP contribution in [0.3, 0.4) is 0 Å². The van der Waals surface area contributed by atoms with Gasteiger partial charge in [0.1, 0.15) is 5.75 Å². The predicted octanol–water partition coefficient (Wildman–Crippen LogP) is 2.65. The molecule has 0 aliphatic carbocycles. The Balaban J connectivity index is 1.85. The second-order valence-corrected chi connectivity index (χ2v) is 9.46. The van der Waals surface area contributed by atoms with Gasteiger partial charge in [-0.05, 0) is 54.3 Å². The largest absolute Gasteiger partial charge is 0.497 e. The molecule has 0 fully saturated rings. The van der Waals surface area contributed by atoms with Crippen molar-refractivity contribution in [1.29, 1.82) is 0 Å². The molecule has 2 aromatic rings. The molecule has 3 rings (SSSR count). The lowest BCUT2D eigenvalue weighted by molar-refractivity contribution is -0.121. The van der Waals surface area contributed by atoms with E-state index in [9.17, 15) is 18.0 Å². The van der Waals surface area contributed by atoms with Crippen molar-refractivity contribution in [3.8, 4) is 5.75 Å². The summed E-state index contributed by atoms with van der Waals surface area (Å²) in [4.78, 5) is 26.8. The van der Waals surface area contributed by atoms with Crippen LogP contribution in [0.15, 0.2) is 47.4 Å². The van der Waals surface area contributed by atoms with Crippen molar-refractivity contribution in [2.45, 2.75) is 37.1 Å². The van der Waals surface area contributed by atoms with Crippen molar-refractivity contribution in [2.24, 2.45) is 0 Å². The molecule has 1 aliphatic heterocycles. The molecule has 160 valence electrons. The molecule has 8 heteroatoms. The number of carbonyl (C=O) groups is 2. The molecular formula is C22H26N2O5S. The summed E-state index contributed by atoms with van der Waals surface area (Å²) >= 11 is 0. The van der Waals surface area contributed by atoms with Crippen molar-refractivity contribution >= 4 is 27.3 Å². The van der Waals surface area contributed by atoms with Gasteiger partial charge in [0.05, 0.1) is 24.5 Å². The Kier molecular flexibility index (Phi) is 6.45. The van der Waals surface area contributed by atoms with Crippen LogP contribution in [0, 0.1) is 0 Å². The third-order valence-electron chi connectivity index (χ3n) is 5.17. The summed E-state index contributed by atoms with van der Waals surface area (Å²) < 4.78 is 28.9. The molecule has 2 aromatic carbocycles. The molecule has 0 bridgehead atoms. The smallest absolute Gasteiger partial charge is 0.229 e. The van der Waals surface area contributed by atoms with Gasteiger partial charge in [-0.15, -0.1) is 0 Å². The standard InChI is InChI=1S/C22H26N2O5S/c1-15(25)23-20(16-6-8-18(29-2)9-7-16)14-22(26)24-12-4-5-17-13-19(30(3,27)28)10-11-21(17)24/h6-11,13,20H,4-5,12,14H2,1-3H3,(H,23,25). The molecule has 0 radical (unpaired) electrons. The molecule has 0 saturated heterocycles. The van der Waals surface area contributed by atoms with Crippen LogP contribution in [0.1, 0.15) is 36.9 Å². The lowest BCUT2D eigenvalue weighted by Gasteiger charge is -2.31. The van der Waals surface area contributed by atoms with Crippen LogP contribution in [0.4, 0.5) is 5.69 Å². The summed E-state index contributed by atoms with van der Waals surface area (Å²) in [5, 5.41) is 2.85. The number of hydrogen-bond acceptors (Lipinski definition) is 5. The molecule has 1 N–H and O–H groups in total. The second-order valence-electron chi connectivity index (χ2n) is 7.44. The molecule has 7 nitrogen and oxygen atoms in total. The first-order valence-corrected chi connectivity index (χ1v) is 11.6. The maximum atomic E-state index is 13.2. The molecule has 0 saturated carbocycles. The van der Waals surface area contributed by atoms with Crippen molar-refractivity contribution in [3.05, 3.63) is 53.6 Å². The van der Waals surface area contributed by atoms with E-state index < -0.39 is 15.9 Å². The topological polar surface area (TPSA) is 92.8 Å². The van der Waals surface area contributed by atoms with Crippen LogP contribution < -0.4 is 15.0 Å². The molecule has 1 unspecified atom stereocenters. The van der Waals surface area contributed by atoms with Gasteiger partial charge in [0.2, 0.25) is 11.8 Å². The fraction of sp³-hybridized carbons (Fsp3) is 0.364. The number of fused-ring (bicyclic) bond motifs is 1. The van der Waals surface area contributed by atoms with Crippen LogP contribution in [0.5, 0.6) is 5.75 Å². The molecular weight excluding hydrogens is 404 g/mol. The van der Waals surface area contributed by atoms with Gasteiger partial charge in [-0.25, -0.2) is 8.42 Å². The van der Waals surface area contributed by atoms with E-state index in [1.807, 2.05) is 12.1 Å². The molecule has 0 spiro atoms. The summed E-state index contributed by atoms with van der Waals surface area (Å²) in [5.74, 6) is 0.344. The van der Waals surface area contributed by atoms with E-state index >= 15 is 0 Å². The Morgan fingerprint density at radius 1 is 1.17 bits per heavy atom. The normalized spacial score (nSPS) is 14.6. The number of sulfone groups is 1. The number of nitrogens with zero attached hydrogens (tertiary/aromatic N) is 1. The van der Waals surface area contributed by atoms with Gasteiger partial charge in [0.25, 0.3) is 0 Å². The SMILES string of the molecule is COc1ccc(C(CC(=O)N2CCCc3cc(S(C)(=O)=O)ccc32)NC(C)=O)cc1. The lowest BCUT2D eigenvalue weighted by atomic mass is 9.99. The van der Waals surface area contributed by atoms with Gasteiger partial charge in [-0.1, -0.05) is 12.1 Å². The van der Waals surface area contributed by atoms with Crippen molar-refractivity contribution < 1.29 is 22.7 Å². The minimum atomic E-state index is -3.31. The highest BCUT2D eigenvalue weighted by Crippen LogP contribution is 2.31. The van der Waals surface area contributed by atoms with Gasteiger partial charge < -0.3 is 15.0 Å². The number of rotatable bonds is 6. The summed E-state index contributed by atoms with van der Waals surface area (Å²) in [5.41, 5.74) is 2.39. The highest BCUT2D eigenvalue weighted by Gasteiger charge is 2.27. The highest BCUT2D eigenvalue weighted by atomic mass is 32.2. The zero-order chi connectivity index (χ0) is 21.9. The Morgan fingerprint density at radius 3 is 2.47 bits per heavy atom. The second kappa shape index (κ2) is 8.87. The third kappa shape index (κ3) is 4.99. The number of carbonyl (C=O) groups excluding carboxylic acids is 2. The first-order chi connectivity index (χ1) is 14.2. The number of methoxy groups -OCH3 is 1. The fourth-order valence-corrected chi connectivity index (χ4v) is 4.35. The maximum Gasteiger partial charge on any atom is 0.229 e. The highest BCUT2D eigenvalue weighted by molar-refractivity contribution is 7.90. The lowest BCUT2D eigenvalue weighted by Crippen LogP contribution is -2.38. The van der Waals surface area contributed by atoms with Crippen molar-refractivity contribution in [2.75, 3.05) is 24.8 Å². The summed E-state index contributed by atoms with van der Waals surface area (Å²) in [6, 6.07) is 11.7.